The molecule has 0 radical (unpaired) electrons. The zero-order chi connectivity index (χ0) is 6.85. The first-order valence-electron chi connectivity index (χ1n) is 2.45. The van der Waals surface area contributed by atoms with Crippen molar-refractivity contribution in [2.45, 2.75) is 6.92 Å². The molecule has 0 aliphatic carbocycles. The minimum Gasteiger partial charge on any atom is -0.215 e. The van der Waals surface area contributed by atoms with Gasteiger partial charge in [0.2, 0.25) is 0 Å². The predicted molar refractivity (Wildman–Crippen MR) is 43.9 cm³/mol. The molecule has 3 nitrogen and oxygen atoms in total. The third-order valence-corrected chi connectivity index (χ3v) is 2.24. The Morgan fingerprint density at radius 2 is 2.44 bits per heavy atom. The van der Waals surface area contributed by atoms with E-state index in [1.807, 2.05) is 6.92 Å². The number of rotatable bonds is 1. The highest BCUT2D eigenvalue weighted by Gasteiger charge is 1.99. The number of halogens is 1. The van der Waals surface area contributed by atoms with E-state index in [0.717, 1.165) is 9.39 Å². The van der Waals surface area contributed by atoms with E-state index in [9.17, 15) is 0 Å². The molecule has 0 aromatic carbocycles. The van der Waals surface area contributed by atoms with Crippen molar-refractivity contribution in [3.8, 4) is 0 Å². The average Bonchev–Trinajstić information content (AvgIpc) is 2.15. The standard InChI is InChI=1S/C5H6IN3/c1-3-9-5(6)4(2)7-8-9/h3H,1H2,2H3. The Kier molecular flexibility index (Phi) is 1.84. The molecule has 1 aromatic rings. The maximum Gasteiger partial charge on any atom is 0.127 e. The molecule has 0 saturated carbocycles. The van der Waals surface area contributed by atoms with Crippen LogP contribution < -0.4 is 0 Å². The first kappa shape index (κ1) is 6.73. The quantitative estimate of drug-likeness (QED) is 0.686. The van der Waals surface area contributed by atoms with Gasteiger partial charge in [-0.2, -0.15) is 0 Å². The molecule has 0 aliphatic heterocycles. The molecule has 0 N–H and O–H groups in total. The fourth-order valence-corrected chi connectivity index (χ4v) is 0.880. The Balaban J connectivity index is 3.18. The Morgan fingerprint density at radius 1 is 1.78 bits per heavy atom. The normalized spacial score (nSPS) is 9.56. The summed E-state index contributed by atoms with van der Waals surface area (Å²) in [6.07, 6.45) is 1.63. The van der Waals surface area contributed by atoms with Gasteiger partial charge < -0.3 is 0 Å². The highest BCUT2D eigenvalue weighted by Crippen LogP contribution is 2.06. The summed E-state index contributed by atoms with van der Waals surface area (Å²) in [5, 5.41) is 7.60. The molecule has 0 atom stereocenters. The summed E-state index contributed by atoms with van der Waals surface area (Å²) in [7, 11) is 0. The van der Waals surface area contributed by atoms with Crippen molar-refractivity contribution in [3.05, 3.63) is 16.0 Å². The van der Waals surface area contributed by atoms with Gasteiger partial charge in [0.05, 0.1) is 5.69 Å². The molecule has 0 unspecified atom stereocenters. The lowest BCUT2D eigenvalue weighted by Gasteiger charge is -1.87. The molecule has 4 heteroatoms. The Bertz CT molecular complexity index is 228. The molecular weight excluding hydrogens is 229 g/mol. The third kappa shape index (κ3) is 1.12. The Morgan fingerprint density at radius 3 is 2.67 bits per heavy atom. The SMILES string of the molecule is C=Cn1nnc(C)c1I. The number of nitrogens with zero attached hydrogens (tertiary/aromatic N) is 3. The molecule has 0 saturated heterocycles. The summed E-state index contributed by atoms with van der Waals surface area (Å²) >= 11 is 2.17. The molecule has 48 valence electrons. The zero-order valence-corrected chi connectivity index (χ0v) is 7.16. The number of aryl methyl sites for hydroxylation is 1. The first-order chi connectivity index (χ1) is 4.25. The molecule has 0 amide bonds. The van der Waals surface area contributed by atoms with E-state index in [0.29, 0.717) is 0 Å². The molecular formula is C5H6IN3. The average molecular weight is 235 g/mol. The van der Waals surface area contributed by atoms with Gasteiger partial charge in [-0.05, 0) is 29.5 Å². The molecule has 9 heavy (non-hydrogen) atoms. The smallest absolute Gasteiger partial charge is 0.127 e. The van der Waals surface area contributed by atoms with Gasteiger partial charge in [0, 0.05) is 6.20 Å². The van der Waals surface area contributed by atoms with Crippen molar-refractivity contribution in [1.82, 2.24) is 15.0 Å². The third-order valence-electron chi connectivity index (χ3n) is 0.964. The molecule has 0 spiro atoms. The van der Waals surface area contributed by atoms with Gasteiger partial charge in [0.25, 0.3) is 0 Å². The van der Waals surface area contributed by atoms with Crippen molar-refractivity contribution < 1.29 is 0 Å². The summed E-state index contributed by atoms with van der Waals surface area (Å²) in [6.45, 7) is 5.47. The lowest BCUT2D eigenvalue weighted by molar-refractivity contribution is 0.828. The molecule has 1 aromatic heterocycles. The van der Waals surface area contributed by atoms with E-state index in [2.05, 4.69) is 39.5 Å². The predicted octanol–water partition coefficient (Wildman–Crippen LogP) is 1.29. The van der Waals surface area contributed by atoms with Crippen LogP contribution in [0.15, 0.2) is 6.58 Å². The van der Waals surface area contributed by atoms with E-state index < -0.39 is 0 Å². The van der Waals surface area contributed by atoms with E-state index >= 15 is 0 Å². The van der Waals surface area contributed by atoms with Crippen LogP contribution in [-0.4, -0.2) is 15.0 Å². The monoisotopic (exact) mass is 235 g/mol. The fourth-order valence-electron chi connectivity index (χ4n) is 0.478. The van der Waals surface area contributed by atoms with Gasteiger partial charge >= 0.3 is 0 Å². The summed E-state index contributed by atoms with van der Waals surface area (Å²) in [5.74, 6) is 0. The van der Waals surface area contributed by atoms with Gasteiger partial charge in [-0.15, -0.1) is 5.10 Å². The maximum atomic E-state index is 3.82. The molecule has 1 heterocycles. The summed E-state index contributed by atoms with van der Waals surface area (Å²) in [6, 6.07) is 0. The van der Waals surface area contributed by atoms with Crippen molar-refractivity contribution in [2.24, 2.45) is 0 Å². The van der Waals surface area contributed by atoms with Gasteiger partial charge in [0.1, 0.15) is 3.70 Å². The van der Waals surface area contributed by atoms with Crippen LogP contribution in [-0.2, 0) is 0 Å². The maximum absolute atomic E-state index is 3.82. The first-order valence-corrected chi connectivity index (χ1v) is 3.53. The largest absolute Gasteiger partial charge is 0.215 e. The second kappa shape index (κ2) is 2.47. The van der Waals surface area contributed by atoms with Crippen LogP contribution >= 0.6 is 22.6 Å². The van der Waals surface area contributed by atoms with Crippen molar-refractivity contribution in [3.63, 3.8) is 0 Å². The van der Waals surface area contributed by atoms with Crippen LogP contribution in [0.3, 0.4) is 0 Å². The van der Waals surface area contributed by atoms with Crippen molar-refractivity contribution in [2.75, 3.05) is 0 Å². The van der Waals surface area contributed by atoms with E-state index in [-0.39, 0.29) is 0 Å². The van der Waals surface area contributed by atoms with E-state index in [1.165, 1.54) is 0 Å². The molecule has 1 rings (SSSR count). The highest BCUT2D eigenvalue weighted by molar-refractivity contribution is 14.1. The number of aromatic nitrogens is 3. The second-order valence-corrected chi connectivity index (χ2v) is 2.61. The van der Waals surface area contributed by atoms with Crippen LogP contribution in [0.2, 0.25) is 0 Å². The van der Waals surface area contributed by atoms with Crippen LogP contribution in [0.25, 0.3) is 6.20 Å². The fraction of sp³-hybridized carbons (Fsp3) is 0.200. The minimum atomic E-state index is 0.940. The van der Waals surface area contributed by atoms with Crippen LogP contribution in [0.1, 0.15) is 5.69 Å². The lowest BCUT2D eigenvalue weighted by atomic mass is 10.6. The summed E-state index contributed by atoms with van der Waals surface area (Å²) in [4.78, 5) is 0. The van der Waals surface area contributed by atoms with E-state index in [4.69, 9.17) is 0 Å². The van der Waals surface area contributed by atoms with Crippen LogP contribution in [0.5, 0.6) is 0 Å². The zero-order valence-electron chi connectivity index (χ0n) is 5.00. The lowest BCUT2D eigenvalue weighted by Crippen LogP contribution is -1.89. The molecule has 0 bridgehead atoms. The van der Waals surface area contributed by atoms with Gasteiger partial charge in [-0.3, -0.25) is 0 Å². The Labute approximate surface area is 66.9 Å². The number of hydrogen-bond donors (Lipinski definition) is 0. The van der Waals surface area contributed by atoms with Crippen LogP contribution in [0, 0.1) is 10.6 Å². The topological polar surface area (TPSA) is 30.7 Å². The summed E-state index contributed by atoms with van der Waals surface area (Å²) < 4.78 is 2.65. The van der Waals surface area contributed by atoms with Gasteiger partial charge in [-0.1, -0.05) is 11.8 Å². The highest BCUT2D eigenvalue weighted by atomic mass is 127. The van der Waals surface area contributed by atoms with E-state index in [1.54, 1.807) is 10.9 Å². The minimum absolute atomic E-state index is 0.940. The van der Waals surface area contributed by atoms with Crippen molar-refractivity contribution >= 4 is 28.8 Å². The van der Waals surface area contributed by atoms with Gasteiger partial charge in [0.15, 0.2) is 0 Å². The summed E-state index contributed by atoms with van der Waals surface area (Å²) in [5.41, 5.74) is 0.940. The molecule has 0 fully saturated rings. The molecule has 0 aliphatic rings. The second-order valence-electron chi connectivity index (χ2n) is 1.59. The van der Waals surface area contributed by atoms with Crippen molar-refractivity contribution in [1.29, 1.82) is 0 Å². The van der Waals surface area contributed by atoms with Gasteiger partial charge in [-0.25, -0.2) is 4.68 Å². The Hall–Kier alpha value is -0.390. The van der Waals surface area contributed by atoms with Crippen LogP contribution in [0.4, 0.5) is 0 Å². The number of hydrogen-bond acceptors (Lipinski definition) is 2.